The van der Waals surface area contributed by atoms with Crippen molar-refractivity contribution < 1.29 is 0 Å². The minimum atomic E-state index is -0.0267. The summed E-state index contributed by atoms with van der Waals surface area (Å²) in [6.07, 6.45) is 0. The van der Waals surface area contributed by atoms with E-state index in [0.29, 0.717) is 0 Å². The fourth-order valence-electron chi connectivity index (χ4n) is 4.45. The van der Waals surface area contributed by atoms with E-state index in [1.165, 1.54) is 10.8 Å². The summed E-state index contributed by atoms with van der Waals surface area (Å²) in [6.45, 7) is 0. The van der Waals surface area contributed by atoms with Gasteiger partial charge in [0.25, 0.3) is 0 Å². The summed E-state index contributed by atoms with van der Waals surface area (Å²) in [5, 5.41) is 6.12. The van der Waals surface area contributed by atoms with Crippen molar-refractivity contribution in [1.82, 2.24) is 0 Å². The zero-order valence-electron chi connectivity index (χ0n) is 18.6. The van der Waals surface area contributed by atoms with Crippen LogP contribution in [0.1, 0.15) is 5.56 Å². The molecule has 0 fully saturated rings. The first-order chi connectivity index (χ1) is 16.9. The Morgan fingerprint density at radius 1 is 0.588 bits per heavy atom. The van der Waals surface area contributed by atoms with Gasteiger partial charge in [0, 0.05) is 17.1 Å². The van der Waals surface area contributed by atoms with E-state index in [-0.39, 0.29) is 5.50 Å². The minimum Gasteiger partial charge on any atom is -0.311 e. The van der Waals surface area contributed by atoms with Gasteiger partial charge < -0.3 is 9.80 Å². The summed E-state index contributed by atoms with van der Waals surface area (Å²) in [4.78, 5) is 4.80. The molecule has 0 aliphatic carbocycles. The van der Waals surface area contributed by atoms with Crippen LogP contribution in [0.3, 0.4) is 0 Å². The highest BCUT2D eigenvalue weighted by molar-refractivity contribution is 8.02. The second kappa shape index (κ2) is 9.12. The first kappa shape index (κ1) is 20.6. The SMILES string of the molecule is [C]1=C(c2ccccc2)N(c2ccccc2)C(N(c2ccccc2)c2ccc3ccccc3c2)S1. The summed E-state index contributed by atoms with van der Waals surface area (Å²) in [7, 11) is 0. The summed E-state index contributed by atoms with van der Waals surface area (Å²) in [5.74, 6) is 0. The number of benzene rings is 5. The lowest BCUT2D eigenvalue weighted by molar-refractivity contribution is 0.884. The van der Waals surface area contributed by atoms with Crippen LogP contribution in [0.25, 0.3) is 16.5 Å². The third-order valence-electron chi connectivity index (χ3n) is 6.07. The van der Waals surface area contributed by atoms with Crippen LogP contribution in [0, 0.1) is 5.41 Å². The Hall–Kier alpha value is -3.95. The highest BCUT2D eigenvalue weighted by atomic mass is 32.2. The number of nitrogens with zero attached hydrogens (tertiary/aromatic N) is 2. The van der Waals surface area contributed by atoms with E-state index in [9.17, 15) is 0 Å². The maximum atomic E-state index is 3.65. The van der Waals surface area contributed by atoms with E-state index in [1.54, 1.807) is 11.8 Å². The fraction of sp³-hybridized carbons (Fsp3) is 0.0323. The van der Waals surface area contributed by atoms with Crippen LogP contribution < -0.4 is 9.80 Å². The van der Waals surface area contributed by atoms with Crippen LogP contribution in [-0.4, -0.2) is 5.50 Å². The number of anilines is 3. The molecule has 0 spiro atoms. The van der Waals surface area contributed by atoms with Crippen molar-refractivity contribution in [2.45, 2.75) is 5.50 Å². The number of fused-ring (bicyclic) bond motifs is 1. The number of thioether (sulfide) groups is 1. The Bertz CT molecular complexity index is 1430. The second-order valence-corrected chi connectivity index (χ2v) is 9.06. The van der Waals surface area contributed by atoms with Gasteiger partial charge in [-0.1, -0.05) is 109 Å². The van der Waals surface area contributed by atoms with Crippen LogP contribution >= 0.6 is 11.8 Å². The van der Waals surface area contributed by atoms with Crippen molar-refractivity contribution in [3.05, 3.63) is 144 Å². The molecule has 1 radical (unpaired) electrons. The molecule has 1 unspecified atom stereocenters. The van der Waals surface area contributed by atoms with Crippen molar-refractivity contribution in [1.29, 1.82) is 0 Å². The Morgan fingerprint density at radius 3 is 1.94 bits per heavy atom. The highest BCUT2D eigenvalue weighted by Gasteiger charge is 2.35. The number of rotatable bonds is 5. The van der Waals surface area contributed by atoms with Crippen LogP contribution in [0.5, 0.6) is 0 Å². The van der Waals surface area contributed by atoms with Gasteiger partial charge in [-0.05, 0) is 52.7 Å². The molecular weight excluding hydrogens is 432 g/mol. The molecule has 1 aliphatic rings. The van der Waals surface area contributed by atoms with Gasteiger partial charge in [0.05, 0.1) is 11.1 Å². The quantitative estimate of drug-likeness (QED) is 0.263. The lowest BCUT2D eigenvalue weighted by atomic mass is 10.1. The molecular formula is C31H23N2S. The Morgan fingerprint density at radius 2 is 1.21 bits per heavy atom. The van der Waals surface area contributed by atoms with Gasteiger partial charge in [0.2, 0.25) is 0 Å². The van der Waals surface area contributed by atoms with Crippen LogP contribution in [0.4, 0.5) is 17.1 Å². The lowest BCUT2D eigenvalue weighted by Crippen LogP contribution is -2.40. The Kier molecular flexibility index (Phi) is 5.54. The first-order valence-electron chi connectivity index (χ1n) is 11.4. The smallest absolute Gasteiger partial charge is 0.164 e. The van der Waals surface area contributed by atoms with Gasteiger partial charge in [-0.3, -0.25) is 0 Å². The molecule has 0 N–H and O–H groups in total. The van der Waals surface area contributed by atoms with Gasteiger partial charge in [0.1, 0.15) is 0 Å². The van der Waals surface area contributed by atoms with Gasteiger partial charge in [-0.25, -0.2) is 0 Å². The average Bonchev–Trinajstić information content (AvgIpc) is 3.35. The molecule has 6 rings (SSSR count). The van der Waals surface area contributed by atoms with Crippen LogP contribution in [-0.2, 0) is 0 Å². The molecule has 34 heavy (non-hydrogen) atoms. The summed E-state index contributed by atoms with van der Waals surface area (Å²) >= 11 is 1.72. The maximum Gasteiger partial charge on any atom is 0.164 e. The van der Waals surface area contributed by atoms with Crippen molar-refractivity contribution in [2.24, 2.45) is 0 Å². The van der Waals surface area contributed by atoms with E-state index in [1.807, 2.05) is 0 Å². The van der Waals surface area contributed by atoms with E-state index >= 15 is 0 Å². The fourth-order valence-corrected chi connectivity index (χ4v) is 5.56. The molecule has 163 valence electrons. The standard InChI is InChI=1S/C31H23N2S/c1-4-13-25(14-5-1)30-23-34-31(33(30)28-18-8-3-9-19-28)32(27-16-6-2-7-17-27)29-21-20-24-12-10-11-15-26(24)22-29/h1-22,31H. The molecule has 5 aromatic rings. The zero-order chi connectivity index (χ0) is 22.7. The Balaban J connectivity index is 1.51. The molecule has 1 aliphatic heterocycles. The largest absolute Gasteiger partial charge is 0.311 e. The van der Waals surface area contributed by atoms with Gasteiger partial charge in [0.15, 0.2) is 5.50 Å². The monoisotopic (exact) mass is 455 g/mol. The lowest BCUT2D eigenvalue weighted by Gasteiger charge is -2.38. The molecule has 0 amide bonds. The minimum absolute atomic E-state index is 0.0267. The van der Waals surface area contributed by atoms with Gasteiger partial charge in [-0.2, -0.15) is 0 Å². The normalized spacial score (nSPS) is 15.4. The number of hydrogen-bond acceptors (Lipinski definition) is 3. The van der Waals surface area contributed by atoms with E-state index in [2.05, 4.69) is 149 Å². The van der Waals surface area contributed by atoms with Gasteiger partial charge >= 0.3 is 0 Å². The second-order valence-electron chi connectivity index (χ2n) is 8.20. The molecule has 0 saturated heterocycles. The van der Waals surface area contributed by atoms with Gasteiger partial charge in [-0.15, -0.1) is 0 Å². The molecule has 5 aromatic carbocycles. The molecule has 1 heterocycles. The number of hydrogen-bond donors (Lipinski definition) is 0. The van der Waals surface area contributed by atoms with E-state index in [4.69, 9.17) is 0 Å². The molecule has 2 nitrogen and oxygen atoms in total. The van der Waals surface area contributed by atoms with E-state index < -0.39 is 0 Å². The molecule has 3 heteroatoms. The predicted octanol–water partition coefficient (Wildman–Crippen LogP) is 8.32. The molecule has 0 aromatic heterocycles. The topological polar surface area (TPSA) is 6.48 Å². The van der Waals surface area contributed by atoms with Crippen molar-refractivity contribution in [3.8, 4) is 0 Å². The zero-order valence-corrected chi connectivity index (χ0v) is 19.4. The maximum absolute atomic E-state index is 3.65. The van der Waals surface area contributed by atoms with E-state index in [0.717, 1.165) is 28.3 Å². The van der Waals surface area contributed by atoms with Crippen LogP contribution in [0.15, 0.2) is 133 Å². The van der Waals surface area contributed by atoms with Crippen molar-refractivity contribution >= 4 is 45.3 Å². The molecule has 1 atom stereocenters. The Labute approximate surface area is 204 Å². The molecule has 0 bridgehead atoms. The highest BCUT2D eigenvalue weighted by Crippen LogP contribution is 2.45. The molecule has 0 saturated carbocycles. The predicted molar refractivity (Wildman–Crippen MR) is 146 cm³/mol. The summed E-state index contributed by atoms with van der Waals surface area (Å²) in [5.41, 5.74) is 5.66. The van der Waals surface area contributed by atoms with Crippen molar-refractivity contribution in [2.75, 3.05) is 9.80 Å². The third kappa shape index (κ3) is 3.85. The van der Waals surface area contributed by atoms with Crippen LogP contribution in [0.2, 0.25) is 0 Å². The van der Waals surface area contributed by atoms with Crippen molar-refractivity contribution in [3.63, 3.8) is 0 Å². The third-order valence-corrected chi connectivity index (χ3v) is 7.01. The number of para-hydroxylation sites is 2. The first-order valence-corrected chi connectivity index (χ1v) is 12.3. The average molecular weight is 456 g/mol. The summed E-state index contributed by atoms with van der Waals surface area (Å²) < 4.78 is 0. The summed E-state index contributed by atoms with van der Waals surface area (Å²) in [6, 6.07) is 47.0.